The van der Waals surface area contributed by atoms with Crippen LogP contribution in [0.25, 0.3) is 0 Å². The fourth-order valence-corrected chi connectivity index (χ4v) is 0.977. The zero-order valence-electron chi connectivity index (χ0n) is 7.37. The van der Waals surface area contributed by atoms with Gasteiger partial charge in [-0.05, 0) is 25.0 Å². The summed E-state index contributed by atoms with van der Waals surface area (Å²) in [6.45, 7) is 4.32. The van der Waals surface area contributed by atoms with Crippen molar-refractivity contribution < 1.29 is 4.74 Å². The van der Waals surface area contributed by atoms with Crippen molar-refractivity contribution >= 4 is 11.6 Å². The molecular weight excluding hydrogens is 186 g/mol. The lowest BCUT2D eigenvalue weighted by atomic mass is 10.3. The molecule has 3 heteroatoms. The summed E-state index contributed by atoms with van der Waals surface area (Å²) in [7, 11) is 0. The number of pyridine rings is 1. The van der Waals surface area contributed by atoms with Crippen molar-refractivity contribution in [1.29, 1.82) is 0 Å². The summed E-state index contributed by atoms with van der Waals surface area (Å²) in [5, 5.41) is 0.485. The molecule has 0 aliphatic carbocycles. The van der Waals surface area contributed by atoms with Crippen molar-refractivity contribution in [3.8, 4) is 5.75 Å². The molecule has 13 heavy (non-hydrogen) atoms. The van der Waals surface area contributed by atoms with Crippen LogP contribution in [0, 0.1) is 0 Å². The molecule has 2 nitrogen and oxygen atoms in total. The average Bonchev–Trinajstić information content (AvgIpc) is 2.15. The molecule has 1 aromatic heterocycles. The molecule has 1 rings (SSSR count). The van der Waals surface area contributed by atoms with Gasteiger partial charge in [-0.15, -0.1) is 6.58 Å². The highest BCUT2D eigenvalue weighted by atomic mass is 35.5. The van der Waals surface area contributed by atoms with Crippen LogP contribution in [0.1, 0.15) is 12.8 Å². The summed E-state index contributed by atoms with van der Waals surface area (Å²) in [6.07, 6.45) is 5.45. The fraction of sp³-hybridized carbons (Fsp3) is 0.300. The van der Waals surface area contributed by atoms with Crippen LogP contribution in [0.3, 0.4) is 0 Å². The average molecular weight is 198 g/mol. The Balaban J connectivity index is 2.28. The van der Waals surface area contributed by atoms with E-state index in [9.17, 15) is 0 Å². The van der Waals surface area contributed by atoms with Gasteiger partial charge in [-0.25, -0.2) is 4.98 Å². The first-order chi connectivity index (χ1) is 6.33. The number of hydrogen-bond donors (Lipinski definition) is 0. The first-order valence-corrected chi connectivity index (χ1v) is 4.56. The second kappa shape index (κ2) is 5.60. The predicted octanol–water partition coefficient (Wildman–Crippen LogP) is 3.08. The van der Waals surface area contributed by atoms with E-state index in [1.165, 1.54) is 0 Å². The minimum Gasteiger partial charge on any atom is -0.492 e. The standard InChI is InChI=1S/C10H12ClNO/c1-2-3-4-7-13-9-5-6-10(11)12-8-9/h2,5-6,8H,1,3-4,7H2. The van der Waals surface area contributed by atoms with E-state index in [-0.39, 0.29) is 0 Å². The Morgan fingerprint density at radius 1 is 1.54 bits per heavy atom. The quantitative estimate of drug-likeness (QED) is 0.411. The molecule has 0 atom stereocenters. The number of nitrogens with zero attached hydrogens (tertiary/aromatic N) is 1. The van der Waals surface area contributed by atoms with Crippen LogP contribution in [0.5, 0.6) is 5.75 Å². The van der Waals surface area contributed by atoms with Gasteiger partial charge < -0.3 is 4.74 Å². The molecule has 0 aliphatic rings. The molecule has 0 saturated heterocycles. The molecule has 0 fully saturated rings. The number of aromatic nitrogens is 1. The Morgan fingerprint density at radius 3 is 3.00 bits per heavy atom. The first kappa shape index (κ1) is 10.1. The van der Waals surface area contributed by atoms with Crippen LogP contribution < -0.4 is 4.74 Å². The van der Waals surface area contributed by atoms with Gasteiger partial charge in [-0.1, -0.05) is 17.7 Å². The molecule has 0 unspecified atom stereocenters. The Labute approximate surface area is 83.2 Å². The summed E-state index contributed by atoms with van der Waals surface area (Å²) in [6, 6.07) is 3.52. The Hall–Kier alpha value is -1.02. The molecule has 0 saturated carbocycles. The Morgan fingerprint density at radius 2 is 2.38 bits per heavy atom. The van der Waals surface area contributed by atoms with Crippen molar-refractivity contribution in [2.45, 2.75) is 12.8 Å². The van der Waals surface area contributed by atoms with E-state index in [4.69, 9.17) is 16.3 Å². The van der Waals surface area contributed by atoms with E-state index < -0.39 is 0 Å². The number of unbranched alkanes of at least 4 members (excludes halogenated alkanes) is 1. The number of halogens is 1. The van der Waals surface area contributed by atoms with Crippen molar-refractivity contribution in [1.82, 2.24) is 4.98 Å². The van der Waals surface area contributed by atoms with Gasteiger partial charge in [0.1, 0.15) is 10.9 Å². The molecule has 1 heterocycles. The van der Waals surface area contributed by atoms with Gasteiger partial charge >= 0.3 is 0 Å². The van der Waals surface area contributed by atoms with Crippen molar-refractivity contribution in [3.05, 3.63) is 36.1 Å². The Bertz CT molecular complexity index is 258. The topological polar surface area (TPSA) is 22.1 Å². The normalized spacial score (nSPS) is 9.62. The maximum atomic E-state index is 5.62. The van der Waals surface area contributed by atoms with Crippen LogP contribution >= 0.6 is 11.6 Å². The van der Waals surface area contributed by atoms with Crippen LogP contribution in [0.4, 0.5) is 0 Å². The highest BCUT2D eigenvalue weighted by Crippen LogP contribution is 2.12. The molecule has 70 valence electrons. The molecule has 0 bridgehead atoms. The predicted molar refractivity (Wildman–Crippen MR) is 54.2 cm³/mol. The van der Waals surface area contributed by atoms with E-state index in [1.807, 2.05) is 12.1 Å². The molecule has 1 aromatic rings. The van der Waals surface area contributed by atoms with E-state index >= 15 is 0 Å². The van der Waals surface area contributed by atoms with E-state index in [0.29, 0.717) is 11.8 Å². The second-order valence-electron chi connectivity index (χ2n) is 2.60. The lowest BCUT2D eigenvalue weighted by molar-refractivity contribution is 0.311. The Kier molecular flexibility index (Phi) is 4.33. The van der Waals surface area contributed by atoms with Gasteiger partial charge in [0.15, 0.2) is 0 Å². The summed E-state index contributed by atoms with van der Waals surface area (Å²) in [5.74, 6) is 0.758. The first-order valence-electron chi connectivity index (χ1n) is 4.18. The second-order valence-corrected chi connectivity index (χ2v) is 2.98. The lowest BCUT2D eigenvalue weighted by Gasteiger charge is -2.03. The largest absolute Gasteiger partial charge is 0.492 e. The minimum absolute atomic E-state index is 0.485. The smallest absolute Gasteiger partial charge is 0.137 e. The summed E-state index contributed by atoms with van der Waals surface area (Å²) in [4.78, 5) is 3.90. The van der Waals surface area contributed by atoms with Gasteiger partial charge in [-0.3, -0.25) is 0 Å². The molecule has 0 amide bonds. The summed E-state index contributed by atoms with van der Waals surface area (Å²) >= 11 is 5.62. The number of rotatable bonds is 5. The molecular formula is C10H12ClNO. The van der Waals surface area contributed by atoms with Gasteiger partial charge in [0, 0.05) is 0 Å². The highest BCUT2D eigenvalue weighted by Gasteiger charge is 1.93. The zero-order valence-corrected chi connectivity index (χ0v) is 8.13. The fourth-order valence-electron chi connectivity index (χ4n) is 0.865. The monoisotopic (exact) mass is 197 g/mol. The van der Waals surface area contributed by atoms with Gasteiger partial charge in [0.2, 0.25) is 0 Å². The maximum absolute atomic E-state index is 5.62. The van der Waals surface area contributed by atoms with Crippen molar-refractivity contribution in [3.63, 3.8) is 0 Å². The SMILES string of the molecule is C=CCCCOc1ccc(Cl)nc1. The molecule has 0 N–H and O–H groups in total. The van der Waals surface area contributed by atoms with Crippen LogP contribution in [-0.2, 0) is 0 Å². The lowest BCUT2D eigenvalue weighted by Crippen LogP contribution is -1.96. The van der Waals surface area contributed by atoms with Crippen LogP contribution in [0.2, 0.25) is 5.15 Å². The third-order valence-electron chi connectivity index (χ3n) is 1.52. The van der Waals surface area contributed by atoms with E-state index in [0.717, 1.165) is 18.6 Å². The van der Waals surface area contributed by atoms with E-state index in [2.05, 4.69) is 11.6 Å². The third-order valence-corrected chi connectivity index (χ3v) is 1.75. The minimum atomic E-state index is 0.485. The van der Waals surface area contributed by atoms with Gasteiger partial charge in [-0.2, -0.15) is 0 Å². The maximum Gasteiger partial charge on any atom is 0.137 e. The highest BCUT2D eigenvalue weighted by molar-refractivity contribution is 6.29. The van der Waals surface area contributed by atoms with Gasteiger partial charge in [0.25, 0.3) is 0 Å². The molecule has 0 radical (unpaired) electrons. The van der Waals surface area contributed by atoms with Gasteiger partial charge in [0.05, 0.1) is 12.8 Å². The van der Waals surface area contributed by atoms with Crippen LogP contribution in [0.15, 0.2) is 31.0 Å². The van der Waals surface area contributed by atoms with Crippen molar-refractivity contribution in [2.24, 2.45) is 0 Å². The number of ether oxygens (including phenoxy) is 1. The van der Waals surface area contributed by atoms with E-state index in [1.54, 1.807) is 12.3 Å². The number of allylic oxidation sites excluding steroid dienone is 1. The molecule has 0 spiro atoms. The van der Waals surface area contributed by atoms with Crippen molar-refractivity contribution in [2.75, 3.05) is 6.61 Å². The number of hydrogen-bond acceptors (Lipinski definition) is 2. The molecule has 0 aromatic carbocycles. The third kappa shape index (κ3) is 3.95. The van der Waals surface area contributed by atoms with Crippen LogP contribution in [-0.4, -0.2) is 11.6 Å². The molecule has 0 aliphatic heterocycles. The summed E-state index contributed by atoms with van der Waals surface area (Å²) < 4.78 is 5.39. The zero-order chi connectivity index (χ0) is 9.52. The summed E-state index contributed by atoms with van der Waals surface area (Å²) in [5.41, 5.74) is 0.